The predicted octanol–water partition coefficient (Wildman–Crippen LogP) is 1.09. The molecule has 6 N–H and O–H groups in total. The van der Waals surface area contributed by atoms with Gasteiger partial charge in [0.1, 0.15) is 29.0 Å². The third kappa shape index (κ3) is 2.60. The number of carbonyl (C=O) groups is 3. The second kappa shape index (κ2) is 7.03. The average molecular weight is 467 g/mol. The standard InChI is InChI=1S/C21H20ClFN2O7/c1-25(2)15-7-5-6-10(16(27)12-9(26)4-3-8(22)11(12)14(6)23)18(29)21(7,32)19(30)13(17(15)28)20(24)31/h3-4,6-7,14-15,26-27,30,32H,5H2,1-2H3,(H2,24,31)/t6-,7-,14+,15-,21-/m0/s1. The van der Waals surface area contributed by atoms with E-state index >= 15 is 4.39 Å². The number of halogens is 2. The van der Waals surface area contributed by atoms with Crippen LogP contribution in [0.25, 0.3) is 5.76 Å². The van der Waals surface area contributed by atoms with E-state index < -0.39 is 81.1 Å². The highest BCUT2D eigenvalue weighted by atomic mass is 35.5. The van der Waals surface area contributed by atoms with E-state index in [-0.39, 0.29) is 17.0 Å². The van der Waals surface area contributed by atoms with Crippen LogP contribution in [0.1, 0.15) is 23.7 Å². The van der Waals surface area contributed by atoms with Gasteiger partial charge in [0.15, 0.2) is 11.4 Å². The fourth-order valence-electron chi connectivity index (χ4n) is 5.20. The molecule has 1 aromatic carbocycles. The Hall–Kier alpha value is -2.95. The summed E-state index contributed by atoms with van der Waals surface area (Å²) in [6.07, 6.45) is -2.33. The van der Waals surface area contributed by atoms with Crippen LogP contribution < -0.4 is 5.73 Å². The molecule has 0 aromatic heterocycles. The Bertz CT molecular complexity index is 1160. The number of hydrogen-bond donors (Lipinski definition) is 5. The number of phenols is 1. The minimum absolute atomic E-state index is 0.0909. The molecule has 3 aliphatic carbocycles. The van der Waals surface area contributed by atoms with Gasteiger partial charge in [0.2, 0.25) is 5.78 Å². The zero-order chi connectivity index (χ0) is 23.9. The van der Waals surface area contributed by atoms with Gasteiger partial charge >= 0.3 is 0 Å². The molecule has 9 nitrogen and oxygen atoms in total. The van der Waals surface area contributed by atoms with Gasteiger partial charge in [-0.05, 0) is 32.6 Å². The van der Waals surface area contributed by atoms with Crippen LogP contribution in [0.15, 0.2) is 29.0 Å². The molecule has 1 saturated carbocycles. The number of nitrogens with two attached hydrogens (primary N) is 1. The first-order valence-corrected chi connectivity index (χ1v) is 10.0. The van der Waals surface area contributed by atoms with E-state index in [9.17, 15) is 34.8 Å². The van der Waals surface area contributed by atoms with E-state index in [4.69, 9.17) is 17.3 Å². The fourth-order valence-corrected chi connectivity index (χ4v) is 5.46. The number of likely N-dealkylation sites (N-methyl/N-ethyl adjacent to an activating group) is 1. The lowest BCUT2D eigenvalue weighted by atomic mass is 9.57. The molecular formula is C21H20ClFN2O7. The number of phenolic OH excluding ortho intramolecular Hbond substituents is 1. The molecule has 0 radical (unpaired) electrons. The number of fused-ring (bicyclic) bond motifs is 3. The van der Waals surface area contributed by atoms with Crippen LogP contribution in [0.3, 0.4) is 0 Å². The summed E-state index contributed by atoms with van der Waals surface area (Å²) in [7, 11) is 2.91. The predicted molar refractivity (Wildman–Crippen MR) is 109 cm³/mol. The molecule has 1 fully saturated rings. The van der Waals surface area contributed by atoms with Gasteiger partial charge in [-0.1, -0.05) is 11.6 Å². The maximum atomic E-state index is 15.7. The van der Waals surface area contributed by atoms with Crippen LogP contribution in [0.2, 0.25) is 5.02 Å². The number of carbonyl (C=O) groups excluding carboxylic acids is 3. The molecule has 0 spiro atoms. The Morgan fingerprint density at radius 1 is 1.25 bits per heavy atom. The van der Waals surface area contributed by atoms with E-state index in [1.807, 2.05) is 0 Å². The van der Waals surface area contributed by atoms with Gasteiger partial charge in [-0.15, -0.1) is 0 Å². The molecule has 1 aromatic rings. The van der Waals surface area contributed by atoms with Crippen molar-refractivity contribution in [2.24, 2.45) is 17.6 Å². The van der Waals surface area contributed by atoms with Crippen LogP contribution in [0.5, 0.6) is 5.75 Å². The number of nitrogens with zero attached hydrogens (tertiary/aromatic N) is 1. The van der Waals surface area contributed by atoms with Gasteiger partial charge in [0.05, 0.1) is 11.6 Å². The highest BCUT2D eigenvalue weighted by Crippen LogP contribution is 2.57. The van der Waals surface area contributed by atoms with Gasteiger partial charge in [-0.2, -0.15) is 0 Å². The maximum Gasteiger partial charge on any atom is 0.255 e. The summed E-state index contributed by atoms with van der Waals surface area (Å²) in [6, 6.07) is 1.06. The number of aromatic hydroxyl groups is 1. The number of rotatable bonds is 2. The highest BCUT2D eigenvalue weighted by molar-refractivity contribution is 6.32. The molecular weight excluding hydrogens is 447 g/mol. The van der Waals surface area contributed by atoms with Crippen molar-refractivity contribution < 1.29 is 39.2 Å². The van der Waals surface area contributed by atoms with E-state index in [0.29, 0.717) is 0 Å². The number of aliphatic hydroxyl groups excluding tert-OH is 2. The largest absolute Gasteiger partial charge is 0.508 e. The molecule has 0 unspecified atom stereocenters. The van der Waals surface area contributed by atoms with Crippen LogP contribution in [0.4, 0.5) is 4.39 Å². The molecule has 4 rings (SSSR count). The Labute approximate surface area is 186 Å². The van der Waals surface area contributed by atoms with Gasteiger partial charge in [-0.3, -0.25) is 19.3 Å². The second-order valence-electron chi connectivity index (χ2n) is 8.42. The summed E-state index contributed by atoms with van der Waals surface area (Å²) in [4.78, 5) is 39.7. The molecule has 0 saturated heterocycles. The number of hydrogen-bond acceptors (Lipinski definition) is 8. The monoisotopic (exact) mass is 466 g/mol. The molecule has 1 amide bonds. The summed E-state index contributed by atoms with van der Waals surface area (Å²) >= 11 is 6.11. The molecule has 3 aliphatic rings. The molecule has 0 aliphatic heterocycles. The Morgan fingerprint density at radius 2 is 1.88 bits per heavy atom. The molecule has 11 heteroatoms. The van der Waals surface area contributed by atoms with E-state index in [1.54, 1.807) is 0 Å². The first kappa shape index (κ1) is 22.3. The first-order valence-electron chi connectivity index (χ1n) is 9.65. The Kier molecular flexibility index (Phi) is 4.89. The van der Waals surface area contributed by atoms with Crippen molar-refractivity contribution in [2.75, 3.05) is 14.1 Å². The Morgan fingerprint density at radius 3 is 2.44 bits per heavy atom. The average Bonchev–Trinajstić information content (AvgIpc) is 2.69. The lowest BCUT2D eigenvalue weighted by molar-refractivity contribution is -0.155. The van der Waals surface area contributed by atoms with Crippen molar-refractivity contribution in [3.63, 3.8) is 0 Å². The summed E-state index contributed by atoms with van der Waals surface area (Å²) < 4.78 is 15.7. The number of alkyl halides is 1. The molecule has 5 atom stereocenters. The number of benzene rings is 1. The molecule has 0 bridgehead atoms. The normalized spacial score (nSPS) is 32.1. The van der Waals surface area contributed by atoms with Crippen LogP contribution >= 0.6 is 11.6 Å². The van der Waals surface area contributed by atoms with Crippen molar-refractivity contribution >= 4 is 34.8 Å². The zero-order valence-electron chi connectivity index (χ0n) is 17.0. The topological polar surface area (TPSA) is 161 Å². The van der Waals surface area contributed by atoms with Gasteiger partial charge in [-0.25, -0.2) is 4.39 Å². The number of aliphatic hydroxyl groups is 3. The summed E-state index contributed by atoms with van der Waals surface area (Å²) in [6.45, 7) is 0. The maximum absolute atomic E-state index is 15.7. The van der Waals surface area contributed by atoms with Crippen molar-refractivity contribution in [1.82, 2.24) is 4.90 Å². The van der Waals surface area contributed by atoms with Crippen LogP contribution in [-0.2, 0) is 14.4 Å². The number of primary amides is 1. The summed E-state index contributed by atoms with van der Waals surface area (Å²) in [5, 5.41) is 43.0. The SMILES string of the molecule is CN(C)[C@@H]1C(=O)C(C(N)=O)=C(O)[C@@]2(O)C(=O)C3=C(O)c4c(O)ccc(Cl)c4[C@H](F)[C@H]3C[C@@H]12. The van der Waals surface area contributed by atoms with Gasteiger partial charge < -0.3 is 26.2 Å². The minimum atomic E-state index is -2.82. The second-order valence-corrected chi connectivity index (χ2v) is 8.83. The van der Waals surface area contributed by atoms with E-state index in [1.165, 1.54) is 25.1 Å². The van der Waals surface area contributed by atoms with Gasteiger partial charge in [0, 0.05) is 28.0 Å². The van der Waals surface area contributed by atoms with Crippen molar-refractivity contribution in [2.45, 2.75) is 24.2 Å². The number of ketones is 2. The van der Waals surface area contributed by atoms with E-state index in [0.717, 1.165) is 6.07 Å². The van der Waals surface area contributed by atoms with Crippen molar-refractivity contribution in [3.8, 4) is 5.75 Å². The van der Waals surface area contributed by atoms with Crippen LogP contribution in [-0.4, -0.2) is 68.5 Å². The smallest absolute Gasteiger partial charge is 0.255 e. The van der Waals surface area contributed by atoms with Crippen LogP contribution in [0, 0.1) is 11.8 Å². The first-order chi connectivity index (χ1) is 14.8. The lowest BCUT2D eigenvalue weighted by Crippen LogP contribution is -2.65. The quantitative estimate of drug-likeness (QED) is 0.404. The minimum Gasteiger partial charge on any atom is -0.508 e. The third-order valence-corrected chi connectivity index (χ3v) is 6.92. The molecule has 170 valence electrons. The molecule has 32 heavy (non-hydrogen) atoms. The number of Topliss-reactive ketones (excluding diaryl/α,β-unsaturated/α-hetero) is 2. The fraction of sp³-hybridized carbons (Fsp3) is 0.381. The van der Waals surface area contributed by atoms with E-state index in [2.05, 4.69) is 0 Å². The van der Waals surface area contributed by atoms with Crippen molar-refractivity contribution in [1.29, 1.82) is 0 Å². The highest BCUT2D eigenvalue weighted by Gasteiger charge is 2.65. The number of amides is 1. The Balaban J connectivity index is 2.03. The summed E-state index contributed by atoms with van der Waals surface area (Å²) in [5.74, 6) is -8.83. The summed E-state index contributed by atoms with van der Waals surface area (Å²) in [5.41, 5.74) is 0.266. The molecule has 0 heterocycles. The van der Waals surface area contributed by atoms with Gasteiger partial charge in [0.25, 0.3) is 5.91 Å². The lowest BCUT2D eigenvalue weighted by Gasteiger charge is -2.50. The zero-order valence-corrected chi connectivity index (χ0v) is 17.7. The van der Waals surface area contributed by atoms with Crippen molar-refractivity contribution in [3.05, 3.63) is 45.2 Å². The third-order valence-electron chi connectivity index (χ3n) is 6.59.